The topological polar surface area (TPSA) is 9.23 Å². The van der Waals surface area contributed by atoms with Crippen LogP contribution in [0.5, 0.6) is 0 Å². The molecule has 17 heavy (non-hydrogen) atoms. The van der Waals surface area contributed by atoms with Crippen molar-refractivity contribution in [3.63, 3.8) is 0 Å². The lowest BCUT2D eigenvalue weighted by Crippen LogP contribution is -2.14. The summed E-state index contributed by atoms with van der Waals surface area (Å²) in [5.74, 6) is 0.608. The molecule has 0 aliphatic carbocycles. The first-order chi connectivity index (χ1) is 7.78. The molecule has 3 atom stereocenters. The highest BCUT2D eigenvalue weighted by Gasteiger charge is 2.26. The van der Waals surface area contributed by atoms with Crippen LogP contribution >= 0.6 is 21.5 Å². The van der Waals surface area contributed by atoms with Crippen LogP contribution < -0.4 is 0 Å². The Hall–Kier alpha value is 0.480. The molecule has 0 saturated carbocycles. The second-order valence-corrected chi connectivity index (χ2v) is 7.80. The fourth-order valence-electron chi connectivity index (χ4n) is 2.53. The van der Waals surface area contributed by atoms with Crippen LogP contribution in [0.3, 0.4) is 0 Å². The molecule has 1 aliphatic heterocycles. The SMILES string of the molecule is CC1CC(CCCC(S)CC(C)(C)C)C(=P)O1. The molecule has 1 saturated heterocycles. The predicted molar refractivity (Wildman–Crippen MR) is 82.7 cm³/mol. The molecule has 0 N–H and O–H groups in total. The van der Waals surface area contributed by atoms with Gasteiger partial charge in [-0.15, -0.1) is 0 Å². The fraction of sp³-hybridized carbons (Fsp3) is 0.929. The molecular weight excluding hydrogens is 247 g/mol. The first-order valence-corrected chi connectivity index (χ1v) is 7.73. The van der Waals surface area contributed by atoms with E-state index in [9.17, 15) is 0 Å². The monoisotopic (exact) mass is 274 g/mol. The second kappa shape index (κ2) is 6.59. The molecule has 0 spiro atoms. The van der Waals surface area contributed by atoms with Crippen molar-refractivity contribution in [1.29, 1.82) is 0 Å². The molecule has 1 fully saturated rings. The molecule has 0 aromatic heterocycles. The normalized spacial score (nSPS) is 27.5. The second-order valence-electron chi connectivity index (χ2n) is 6.57. The Morgan fingerprint density at radius 3 is 2.59 bits per heavy atom. The highest BCUT2D eigenvalue weighted by molar-refractivity contribution is 7.80. The maximum absolute atomic E-state index is 5.62. The van der Waals surface area contributed by atoms with Gasteiger partial charge in [-0.2, -0.15) is 12.6 Å². The van der Waals surface area contributed by atoms with E-state index in [0.29, 0.717) is 22.7 Å². The summed E-state index contributed by atoms with van der Waals surface area (Å²) >= 11 is 4.69. The summed E-state index contributed by atoms with van der Waals surface area (Å²) in [5.41, 5.74) is 1.45. The number of thiol groups is 1. The highest BCUT2D eigenvalue weighted by atomic mass is 32.1. The maximum atomic E-state index is 5.62. The lowest BCUT2D eigenvalue weighted by molar-refractivity contribution is 0.244. The molecule has 0 aromatic carbocycles. The van der Waals surface area contributed by atoms with E-state index < -0.39 is 0 Å². The van der Waals surface area contributed by atoms with Crippen LogP contribution in [0.2, 0.25) is 0 Å². The summed E-state index contributed by atoms with van der Waals surface area (Å²) < 4.78 is 5.62. The number of ether oxygens (including phenoxy) is 1. The van der Waals surface area contributed by atoms with Crippen molar-refractivity contribution in [2.24, 2.45) is 11.3 Å². The van der Waals surface area contributed by atoms with E-state index in [1.165, 1.54) is 25.7 Å². The largest absolute Gasteiger partial charge is 0.343 e. The van der Waals surface area contributed by atoms with Gasteiger partial charge in [0.15, 0.2) is 0 Å². The zero-order chi connectivity index (χ0) is 13.1. The minimum absolute atomic E-state index is 0.383. The Kier molecular flexibility index (Phi) is 6.02. The Balaban J connectivity index is 2.17. The molecule has 1 nitrogen and oxygen atoms in total. The first kappa shape index (κ1) is 15.5. The van der Waals surface area contributed by atoms with E-state index in [0.717, 1.165) is 11.9 Å². The third-order valence-corrected chi connectivity index (χ3v) is 4.22. The zero-order valence-corrected chi connectivity index (χ0v) is 13.5. The van der Waals surface area contributed by atoms with Crippen LogP contribution in [0.1, 0.15) is 59.8 Å². The summed E-state index contributed by atoms with van der Waals surface area (Å²) in [5, 5.41) is 0.535. The molecule has 1 rings (SSSR count). The van der Waals surface area contributed by atoms with E-state index in [4.69, 9.17) is 17.4 Å². The van der Waals surface area contributed by atoms with Crippen LogP contribution in [-0.4, -0.2) is 16.8 Å². The van der Waals surface area contributed by atoms with E-state index >= 15 is 0 Å². The van der Waals surface area contributed by atoms with Gasteiger partial charge >= 0.3 is 0 Å². The lowest BCUT2D eigenvalue weighted by Gasteiger charge is -2.22. The number of rotatable bonds is 5. The summed E-state index contributed by atoms with van der Waals surface area (Å²) in [6.45, 7) is 8.99. The minimum Gasteiger partial charge on any atom is -0.343 e. The summed E-state index contributed by atoms with van der Waals surface area (Å²) in [7, 11) is 3.59. The third-order valence-electron chi connectivity index (χ3n) is 3.25. The van der Waals surface area contributed by atoms with Crippen molar-refractivity contribution in [2.75, 3.05) is 0 Å². The van der Waals surface area contributed by atoms with E-state index in [-0.39, 0.29) is 0 Å². The van der Waals surface area contributed by atoms with Crippen LogP contribution in [0, 0.1) is 11.3 Å². The first-order valence-electron chi connectivity index (χ1n) is 6.71. The minimum atomic E-state index is 0.383. The van der Waals surface area contributed by atoms with Gasteiger partial charge in [-0.1, -0.05) is 36.1 Å². The van der Waals surface area contributed by atoms with Crippen molar-refractivity contribution in [2.45, 2.75) is 71.2 Å². The van der Waals surface area contributed by atoms with Crippen molar-refractivity contribution in [3.8, 4) is 0 Å². The molecule has 1 aliphatic rings. The standard InChI is InChI=1S/C14H27OPS/c1-10-8-11(13(16)15-10)6-5-7-12(17)9-14(2,3)4/h10-12,16-17H,5-9H2,1-4H3. The average molecular weight is 274 g/mol. The van der Waals surface area contributed by atoms with Gasteiger partial charge in [-0.25, -0.2) is 0 Å². The lowest BCUT2D eigenvalue weighted by atomic mass is 9.88. The van der Waals surface area contributed by atoms with Gasteiger partial charge in [-0.3, -0.25) is 0 Å². The molecule has 1 heterocycles. The van der Waals surface area contributed by atoms with Crippen molar-refractivity contribution in [3.05, 3.63) is 0 Å². The quantitative estimate of drug-likeness (QED) is 0.570. The Morgan fingerprint density at radius 2 is 2.12 bits per heavy atom. The van der Waals surface area contributed by atoms with Gasteiger partial charge < -0.3 is 4.74 Å². The Labute approximate surface area is 114 Å². The summed E-state index contributed by atoms with van der Waals surface area (Å²) in [6, 6.07) is 0. The molecule has 3 unspecified atom stereocenters. The predicted octanol–water partition coefficient (Wildman–Crippen LogP) is 4.59. The Morgan fingerprint density at radius 1 is 1.47 bits per heavy atom. The van der Waals surface area contributed by atoms with Crippen LogP contribution in [0.4, 0.5) is 0 Å². The number of hydrogen-bond acceptors (Lipinski definition) is 2. The van der Waals surface area contributed by atoms with Crippen molar-refractivity contribution >= 4 is 27.0 Å². The molecule has 0 bridgehead atoms. The van der Waals surface area contributed by atoms with Gasteiger partial charge in [0.25, 0.3) is 0 Å². The van der Waals surface area contributed by atoms with E-state index in [1.807, 2.05) is 0 Å². The smallest absolute Gasteiger partial charge is 0.0749 e. The van der Waals surface area contributed by atoms with Gasteiger partial charge in [0.05, 0.1) is 11.6 Å². The zero-order valence-electron chi connectivity index (χ0n) is 11.6. The average Bonchev–Trinajstić information content (AvgIpc) is 2.42. The molecular formula is C14H27OPS. The summed E-state index contributed by atoms with van der Waals surface area (Å²) in [6.07, 6.45) is 6.43. The molecule has 3 heteroatoms. The van der Waals surface area contributed by atoms with Crippen molar-refractivity contribution < 1.29 is 4.74 Å². The molecule has 0 aromatic rings. The third kappa shape index (κ3) is 6.27. The summed E-state index contributed by atoms with van der Waals surface area (Å²) in [4.78, 5) is 0. The fourth-order valence-corrected chi connectivity index (χ4v) is 3.72. The Bertz CT molecular complexity index is 259. The van der Waals surface area contributed by atoms with Gasteiger partial charge in [0.1, 0.15) is 0 Å². The van der Waals surface area contributed by atoms with Crippen LogP contribution in [0.15, 0.2) is 0 Å². The van der Waals surface area contributed by atoms with Gasteiger partial charge in [0.2, 0.25) is 0 Å². The molecule has 0 radical (unpaired) electrons. The van der Waals surface area contributed by atoms with Crippen LogP contribution in [-0.2, 0) is 4.74 Å². The van der Waals surface area contributed by atoms with Gasteiger partial charge in [-0.05, 0) is 38.0 Å². The van der Waals surface area contributed by atoms with Crippen LogP contribution in [0.25, 0.3) is 0 Å². The highest BCUT2D eigenvalue weighted by Crippen LogP contribution is 2.30. The van der Waals surface area contributed by atoms with Gasteiger partial charge in [0, 0.05) is 11.2 Å². The maximum Gasteiger partial charge on any atom is 0.0749 e. The molecule has 0 amide bonds. The van der Waals surface area contributed by atoms with E-state index in [2.05, 4.69) is 36.6 Å². The van der Waals surface area contributed by atoms with E-state index in [1.54, 1.807) is 0 Å². The van der Waals surface area contributed by atoms with Crippen molar-refractivity contribution in [1.82, 2.24) is 0 Å². The molecule has 100 valence electrons. The number of hydrogen-bond donors (Lipinski definition) is 1.